The number of aldehydes is 1. The van der Waals surface area contributed by atoms with Crippen molar-refractivity contribution in [3.05, 3.63) is 87.5 Å². The largest absolute Gasteiger partial charge is 0.507 e. The van der Waals surface area contributed by atoms with Gasteiger partial charge in [0.2, 0.25) is 0 Å². The maximum Gasteiger partial charge on any atom is 0.324 e. The number of carbonyl (C=O) groups excluding carboxylic acids is 3. The van der Waals surface area contributed by atoms with Gasteiger partial charge in [-0.2, -0.15) is 0 Å². The molecule has 6 nitrogen and oxygen atoms in total. The molecule has 0 saturated heterocycles. The number of carbonyl (C=O) groups is 3. The maximum atomic E-state index is 13.6. The molecule has 3 aromatic carbocycles. The molecule has 0 amide bonds. The molecule has 0 atom stereocenters. The van der Waals surface area contributed by atoms with E-state index in [9.17, 15) is 19.5 Å². The summed E-state index contributed by atoms with van der Waals surface area (Å²) in [6, 6.07) is 15.6. The molecular weight excluding hydrogens is 528 g/mol. The second kappa shape index (κ2) is 12.7. The molecule has 4 rings (SSSR count). The van der Waals surface area contributed by atoms with Crippen molar-refractivity contribution in [3.8, 4) is 28.7 Å². The molecular formula is C36H38O6. The summed E-state index contributed by atoms with van der Waals surface area (Å²) in [6.07, 6.45) is 1.17. The van der Waals surface area contributed by atoms with Crippen molar-refractivity contribution in [2.75, 3.05) is 0 Å². The number of phenols is 1. The summed E-state index contributed by atoms with van der Waals surface area (Å²) in [4.78, 5) is 39.8. The van der Waals surface area contributed by atoms with Gasteiger partial charge in [0.1, 0.15) is 5.75 Å². The van der Waals surface area contributed by atoms with E-state index in [1.54, 1.807) is 27.7 Å². The van der Waals surface area contributed by atoms with Gasteiger partial charge in [-0.05, 0) is 74.9 Å². The lowest BCUT2D eigenvalue weighted by atomic mass is 9.84. The van der Waals surface area contributed by atoms with Gasteiger partial charge in [-0.15, -0.1) is 0 Å². The quantitative estimate of drug-likeness (QED) is 0.147. The summed E-state index contributed by atoms with van der Waals surface area (Å²) in [5.74, 6) is 4.77. The van der Waals surface area contributed by atoms with Crippen molar-refractivity contribution < 1.29 is 29.0 Å². The first kappa shape index (κ1) is 30.6. The Morgan fingerprint density at radius 2 is 1.33 bits per heavy atom. The number of aromatic hydroxyl groups is 1. The van der Waals surface area contributed by atoms with E-state index < -0.39 is 29.6 Å². The van der Waals surface area contributed by atoms with Crippen LogP contribution in [0, 0.1) is 17.3 Å². The Kier molecular flexibility index (Phi) is 9.21. The zero-order valence-corrected chi connectivity index (χ0v) is 25.2. The van der Waals surface area contributed by atoms with Crippen molar-refractivity contribution in [2.45, 2.75) is 79.4 Å². The molecule has 0 bridgehead atoms. The fraction of sp³-hybridized carbons (Fsp3) is 0.361. The molecule has 0 radical (unpaired) electrons. The van der Waals surface area contributed by atoms with Crippen molar-refractivity contribution in [3.63, 3.8) is 0 Å². The molecule has 0 fully saturated rings. The average Bonchev–Trinajstić information content (AvgIpc) is 3.39. The number of ether oxygens (including phenoxy) is 2. The number of rotatable bonds is 8. The van der Waals surface area contributed by atoms with Gasteiger partial charge >= 0.3 is 11.9 Å². The van der Waals surface area contributed by atoms with Crippen LogP contribution in [0.3, 0.4) is 0 Å². The number of hydrogen-bond donors (Lipinski definition) is 1. The van der Waals surface area contributed by atoms with Crippen molar-refractivity contribution >= 4 is 18.2 Å². The third-order valence-corrected chi connectivity index (χ3v) is 7.61. The van der Waals surface area contributed by atoms with E-state index in [4.69, 9.17) is 9.47 Å². The minimum atomic E-state index is -1.72. The average molecular weight is 567 g/mol. The molecule has 218 valence electrons. The fourth-order valence-corrected chi connectivity index (χ4v) is 5.36. The molecule has 1 N–H and O–H groups in total. The van der Waals surface area contributed by atoms with Gasteiger partial charge in [-0.1, -0.05) is 62.1 Å². The van der Waals surface area contributed by atoms with E-state index in [2.05, 4.69) is 25.7 Å². The maximum absolute atomic E-state index is 13.6. The van der Waals surface area contributed by atoms with Crippen LogP contribution in [0.5, 0.6) is 5.75 Å². The topological polar surface area (TPSA) is 89.9 Å². The van der Waals surface area contributed by atoms with Gasteiger partial charge in [0, 0.05) is 35.1 Å². The Hall–Kier alpha value is -4.37. The zero-order chi connectivity index (χ0) is 30.6. The van der Waals surface area contributed by atoms with Gasteiger partial charge in [-0.3, -0.25) is 14.4 Å². The van der Waals surface area contributed by atoms with Crippen LogP contribution < -0.4 is 0 Å². The SMILES string of the molecule is CCc1ccc(C#Cc2c3c(c(O)c(C=O)c2-c2ccc(CC)cc2)CC(C(=O)OC(C)C)(C(=O)OC(C)C)C3)cc1. The minimum Gasteiger partial charge on any atom is -0.507 e. The summed E-state index contributed by atoms with van der Waals surface area (Å²) in [5, 5.41) is 11.5. The Morgan fingerprint density at radius 1 is 0.833 bits per heavy atom. The second-order valence-electron chi connectivity index (χ2n) is 11.3. The lowest BCUT2D eigenvalue weighted by Gasteiger charge is -2.26. The van der Waals surface area contributed by atoms with Gasteiger partial charge < -0.3 is 14.6 Å². The standard InChI is InChI=1S/C36H38O6/c1-7-24-9-11-26(12-10-24)15-18-28-29-19-36(34(39)41-22(3)4,35(40)42-23(5)6)20-30(29)33(38)31(21-37)32(28)27-16-13-25(8-2)14-17-27/h9-14,16-17,21-23,38H,7-8,19-20H2,1-6H3. The van der Waals surface area contributed by atoms with Gasteiger partial charge in [0.05, 0.1) is 17.8 Å². The molecule has 42 heavy (non-hydrogen) atoms. The second-order valence-corrected chi connectivity index (χ2v) is 11.3. The summed E-state index contributed by atoms with van der Waals surface area (Å²) in [6.45, 7) is 11.0. The van der Waals surface area contributed by atoms with E-state index in [0.29, 0.717) is 34.1 Å². The van der Waals surface area contributed by atoms with Crippen molar-refractivity contribution in [1.82, 2.24) is 0 Å². The number of aryl methyl sites for hydroxylation is 2. The Balaban J connectivity index is 2.00. The van der Waals surface area contributed by atoms with Crippen LogP contribution in [0.25, 0.3) is 11.1 Å². The predicted octanol–water partition coefficient (Wildman–Crippen LogP) is 6.38. The highest BCUT2D eigenvalue weighted by Crippen LogP contribution is 2.49. The highest BCUT2D eigenvalue weighted by molar-refractivity contribution is 6.03. The third kappa shape index (κ3) is 5.97. The fourth-order valence-electron chi connectivity index (χ4n) is 5.36. The van der Waals surface area contributed by atoms with E-state index >= 15 is 0 Å². The Bertz CT molecular complexity index is 1530. The molecule has 3 aromatic rings. The molecule has 6 heteroatoms. The van der Waals surface area contributed by atoms with Crippen molar-refractivity contribution in [1.29, 1.82) is 0 Å². The molecule has 0 aromatic heterocycles. The molecule has 0 spiro atoms. The summed E-state index contributed by atoms with van der Waals surface area (Å²) < 4.78 is 11.1. The van der Waals surface area contributed by atoms with E-state index in [0.717, 1.165) is 24.0 Å². The van der Waals surface area contributed by atoms with E-state index in [-0.39, 0.29) is 24.2 Å². The van der Waals surface area contributed by atoms with Crippen LogP contribution in [0.1, 0.15) is 85.3 Å². The molecule has 1 aliphatic rings. The van der Waals surface area contributed by atoms with E-state index in [1.165, 1.54) is 5.56 Å². The zero-order valence-electron chi connectivity index (χ0n) is 25.2. The highest BCUT2D eigenvalue weighted by Gasteiger charge is 2.55. The number of fused-ring (bicyclic) bond motifs is 1. The number of hydrogen-bond acceptors (Lipinski definition) is 6. The smallest absolute Gasteiger partial charge is 0.324 e. The van der Waals surface area contributed by atoms with Crippen molar-refractivity contribution in [2.24, 2.45) is 5.41 Å². The summed E-state index contributed by atoms with van der Waals surface area (Å²) in [7, 11) is 0. The van der Waals surface area contributed by atoms with Crippen LogP contribution in [0.15, 0.2) is 48.5 Å². The van der Waals surface area contributed by atoms with Gasteiger partial charge in [0.15, 0.2) is 11.7 Å². The van der Waals surface area contributed by atoms with Crippen LogP contribution in [-0.2, 0) is 44.7 Å². The van der Waals surface area contributed by atoms with Crippen LogP contribution in [0.2, 0.25) is 0 Å². The lowest BCUT2D eigenvalue weighted by molar-refractivity contribution is -0.176. The molecule has 1 aliphatic carbocycles. The van der Waals surface area contributed by atoms with Crippen LogP contribution in [0.4, 0.5) is 0 Å². The first-order valence-corrected chi connectivity index (χ1v) is 14.5. The van der Waals surface area contributed by atoms with E-state index in [1.807, 2.05) is 48.5 Å². The number of benzene rings is 3. The molecule has 0 saturated carbocycles. The van der Waals surface area contributed by atoms with Crippen LogP contribution in [-0.4, -0.2) is 35.5 Å². The monoisotopic (exact) mass is 566 g/mol. The molecule has 0 unspecified atom stereocenters. The highest BCUT2D eigenvalue weighted by atomic mass is 16.6. The summed E-state index contributed by atoms with van der Waals surface area (Å²) in [5.41, 5.74) is 3.94. The first-order chi connectivity index (χ1) is 20.0. The molecule has 0 aliphatic heterocycles. The number of esters is 2. The summed E-state index contributed by atoms with van der Waals surface area (Å²) >= 11 is 0. The lowest BCUT2D eigenvalue weighted by Crippen LogP contribution is -2.44. The first-order valence-electron chi connectivity index (χ1n) is 14.5. The molecule has 0 heterocycles. The normalized spacial score (nSPS) is 13.3. The van der Waals surface area contributed by atoms with Gasteiger partial charge in [-0.25, -0.2) is 0 Å². The van der Waals surface area contributed by atoms with Gasteiger partial charge in [0.25, 0.3) is 0 Å². The van der Waals surface area contributed by atoms with Crippen LogP contribution >= 0.6 is 0 Å². The third-order valence-electron chi connectivity index (χ3n) is 7.61. The number of phenolic OH excluding ortho intramolecular Hbond substituents is 1. The Labute approximate surface area is 248 Å². The predicted molar refractivity (Wildman–Crippen MR) is 162 cm³/mol. The minimum absolute atomic E-state index is 0.0638. The Morgan fingerprint density at radius 3 is 1.81 bits per heavy atom.